The summed E-state index contributed by atoms with van der Waals surface area (Å²) in [4.78, 5) is 19.2. The molecule has 7 heteroatoms. The number of rotatable bonds is 4. The molecule has 146 valence electrons. The number of benzene rings is 1. The molecular formula is C20H25ClFN3O2. The molecule has 0 atom stereocenters. The molecule has 1 N–H and O–H groups in total. The van der Waals surface area contributed by atoms with Crippen LogP contribution in [-0.2, 0) is 16.8 Å². The molecule has 1 amide bonds. The van der Waals surface area contributed by atoms with Gasteiger partial charge in [-0.25, -0.2) is 9.37 Å². The van der Waals surface area contributed by atoms with Crippen LogP contribution in [0, 0.1) is 11.7 Å². The summed E-state index contributed by atoms with van der Waals surface area (Å²) >= 11 is 5.83. The van der Waals surface area contributed by atoms with E-state index in [0.29, 0.717) is 18.1 Å². The van der Waals surface area contributed by atoms with Gasteiger partial charge in [0, 0.05) is 22.0 Å². The zero-order valence-corrected chi connectivity index (χ0v) is 16.6. The molecule has 0 unspecified atom stereocenters. The first kappa shape index (κ1) is 19.8. The summed E-state index contributed by atoms with van der Waals surface area (Å²) in [5.41, 5.74) is 1.30. The van der Waals surface area contributed by atoms with Crippen LogP contribution in [0.3, 0.4) is 0 Å². The normalized spacial score (nSPS) is 16.5. The van der Waals surface area contributed by atoms with Crippen LogP contribution in [0.5, 0.6) is 0 Å². The first-order chi connectivity index (χ1) is 12.7. The van der Waals surface area contributed by atoms with Crippen molar-refractivity contribution in [1.29, 1.82) is 0 Å². The molecule has 2 aromatic rings. The number of piperidine rings is 1. The van der Waals surface area contributed by atoms with E-state index in [-0.39, 0.29) is 22.3 Å². The van der Waals surface area contributed by atoms with Crippen molar-refractivity contribution < 1.29 is 13.6 Å². The molecule has 1 aromatic heterocycles. The number of likely N-dealkylation sites (tertiary alicyclic amines) is 1. The average Bonchev–Trinajstić information content (AvgIpc) is 3.03. The number of oxazole rings is 1. The van der Waals surface area contributed by atoms with Crippen LogP contribution in [-0.4, -0.2) is 28.9 Å². The molecule has 27 heavy (non-hydrogen) atoms. The summed E-state index contributed by atoms with van der Waals surface area (Å²) in [6, 6.07) is 4.03. The molecule has 5 nitrogen and oxygen atoms in total. The molecule has 0 radical (unpaired) electrons. The highest BCUT2D eigenvalue weighted by atomic mass is 35.5. The quantitative estimate of drug-likeness (QED) is 0.823. The van der Waals surface area contributed by atoms with E-state index in [1.807, 2.05) is 0 Å². The summed E-state index contributed by atoms with van der Waals surface area (Å²) < 4.78 is 19.0. The summed E-state index contributed by atoms with van der Waals surface area (Å²) in [5, 5.41) is 3.03. The summed E-state index contributed by atoms with van der Waals surface area (Å²) in [7, 11) is 0. The fourth-order valence-electron chi connectivity index (χ4n) is 3.14. The van der Waals surface area contributed by atoms with Gasteiger partial charge in [0.1, 0.15) is 12.1 Å². The van der Waals surface area contributed by atoms with Gasteiger partial charge in [-0.2, -0.15) is 0 Å². The van der Waals surface area contributed by atoms with Gasteiger partial charge in [-0.3, -0.25) is 9.69 Å². The van der Waals surface area contributed by atoms with Crippen LogP contribution >= 0.6 is 11.6 Å². The smallest absolute Gasteiger partial charge is 0.227 e. The molecule has 2 heterocycles. The van der Waals surface area contributed by atoms with E-state index in [0.717, 1.165) is 31.6 Å². The highest BCUT2D eigenvalue weighted by Crippen LogP contribution is 2.25. The van der Waals surface area contributed by atoms with Gasteiger partial charge in [0.25, 0.3) is 0 Å². The van der Waals surface area contributed by atoms with Gasteiger partial charge < -0.3 is 9.73 Å². The summed E-state index contributed by atoms with van der Waals surface area (Å²) in [6.45, 7) is 8.52. The van der Waals surface area contributed by atoms with Crippen LogP contribution in [0.4, 0.5) is 10.1 Å². The lowest BCUT2D eigenvalue weighted by molar-refractivity contribution is -0.121. The fourth-order valence-corrected chi connectivity index (χ4v) is 3.36. The number of hydrogen-bond acceptors (Lipinski definition) is 4. The Balaban J connectivity index is 1.51. The molecule has 1 aliphatic rings. The van der Waals surface area contributed by atoms with Gasteiger partial charge in [-0.05, 0) is 44.1 Å². The van der Waals surface area contributed by atoms with Gasteiger partial charge in [-0.1, -0.05) is 32.4 Å². The van der Waals surface area contributed by atoms with E-state index >= 15 is 0 Å². The lowest BCUT2D eigenvalue weighted by atomic mass is 9.93. The highest BCUT2D eigenvalue weighted by Gasteiger charge is 2.26. The maximum Gasteiger partial charge on any atom is 0.227 e. The van der Waals surface area contributed by atoms with Crippen LogP contribution < -0.4 is 5.32 Å². The fraction of sp³-hybridized carbons (Fsp3) is 0.500. The number of carbonyl (C=O) groups excluding carboxylic acids is 1. The van der Waals surface area contributed by atoms with Crippen LogP contribution in [0.1, 0.15) is 45.2 Å². The van der Waals surface area contributed by atoms with Crippen LogP contribution in [0.2, 0.25) is 5.02 Å². The maximum absolute atomic E-state index is 13.4. The first-order valence-corrected chi connectivity index (χ1v) is 9.53. The van der Waals surface area contributed by atoms with Crippen molar-refractivity contribution in [2.24, 2.45) is 5.92 Å². The molecule has 0 spiro atoms. The molecule has 1 saturated heterocycles. The maximum atomic E-state index is 13.4. The number of nitrogens with zero attached hydrogens (tertiary/aromatic N) is 2. The number of carbonyl (C=O) groups is 1. The van der Waals surface area contributed by atoms with Crippen molar-refractivity contribution in [1.82, 2.24) is 9.88 Å². The molecule has 1 aromatic carbocycles. The van der Waals surface area contributed by atoms with E-state index in [2.05, 4.69) is 36.0 Å². The van der Waals surface area contributed by atoms with Gasteiger partial charge in [0.05, 0.1) is 12.2 Å². The minimum absolute atomic E-state index is 0.0351. The van der Waals surface area contributed by atoms with Gasteiger partial charge >= 0.3 is 0 Å². The Morgan fingerprint density at radius 3 is 2.63 bits per heavy atom. The second-order valence-electron chi connectivity index (χ2n) is 8.07. The Hall–Kier alpha value is -1.92. The standard InChI is InChI=1S/C20H25ClFN3O2/c1-20(2,3)17-12-27-18(24-17)11-25-6-4-13(5-7-25)19(26)23-16-9-14(21)8-15(22)10-16/h8-10,12-13H,4-7,11H2,1-3H3,(H,23,26). The predicted molar refractivity (Wildman–Crippen MR) is 103 cm³/mol. The molecule has 1 fully saturated rings. The van der Waals surface area contributed by atoms with Gasteiger partial charge in [-0.15, -0.1) is 0 Å². The third-order valence-corrected chi connectivity index (χ3v) is 4.99. The van der Waals surface area contributed by atoms with E-state index in [1.54, 1.807) is 12.3 Å². The lowest BCUT2D eigenvalue weighted by Gasteiger charge is -2.30. The Kier molecular flexibility index (Phi) is 5.86. The Labute approximate surface area is 163 Å². The van der Waals surface area contributed by atoms with E-state index < -0.39 is 5.82 Å². The van der Waals surface area contributed by atoms with E-state index in [1.165, 1.54) is 12.1 Å². The lowest BCUT2D eigenvalue weighted by Crippen LogP contribution is -2.37. The number of nitrogens with one attached hydrogen (secondary N) is 1. The van der Waals surface area contributed by atoms with Crippen molar-refractivity contribution in [3.63, 3.8) is 0 Å². The van der Waals surface area contributed by atoms with Crippen molar-refractivity contribution in [3.05, 3.63) is 46.9 Å². The van der Waals surface area contributed by atoms with Crippen LogP contribution in [0.15, 0.2) is 28.9 Å². The number of hydrogen-bond donors (Lipinski definition) is 1. The van der Waals surface area contributed by atoms with Crippen molar-refractivity contribution in [2.45, 2.75) is 45.6 Å². The number of halogens is 2. The minimum atomic E-state index is -0.465. The van der Waals surface area contributed by atoms with Crippen molar-refractivity contribution in [3.8, 4) is 0 Å². The predicted octanol–water partition coefficient (Wildman–Crippen LogP) is 4.62. The SMILES string of the molecule is CC(C)(C)c1coc(CN2CCC(C(=O)Nc3cc(F)cc(Cl)c3)CC2)n1. The largest absolute Gasteiger partial charge is 0.447 e. The summed E-state index contributed by atoms with van der Waals surface area (Å²) in [6.07, 6.45) is 3.20. The van der Waals surface area contributed by atoms with Gasteiger partial charge in [0.15, 0.2) is 0 Å². The molecule has 0 saturated carbocycles. The Morgan fingerprint density at radius 1 is 1.33 bits per heavy atom. The highest BCUT2D eigenvalue weighted by molar-refractivity contribution is 6.30. The second kappa shape index (κ2) is 7.98. The van der Waals surface area contributed by atoms with Crippen LogP contribution in [0.25, 0.3) is 0 Å². The topological polar surface area (TPSA) is 58.4 Å². The summed E-state index contributed by atoms with van der Waals surface area (Å²) in [5.74, 6) is 0.0471. The van der Waals surface area contributed by atoms with Crippen molar-refractivity contribution in [2.75, 3.05) is 18.4 Å². The molecule has 1 aliphatic heterocycles. The Morgan fingerprint density at radius 2 is 2.04 bits per heavy atom. The van der Waals surface area contributed by atoms with Gasteiger partial charge in [0.2, 0.25) is 11.8 Å². The van der Waals surface area contributed by atoms with E-state index in [4.69, 9.17) is 16.0 Å². The third kappa shape index (κ3) is 5.30. The first-order valence-electron chi connectivity index (χ1n) is 9.15. The zero-order valence-electron chi connectivity index (χ0n) is 15.9. The monoisotopic (exact) mass is 393 g/mol. The second-order valence-corrected chi connectivity index (χ2v) is 8.51. The van der Waals surface area contributed by atoms with E-state index in [9.17, 15) is 9.18 Å². The Bertz CT molecular complexity index is 788. The third-order valence-electron chi connectivity index (χ3n) is 4.77. The number of aromatic nitrogens is 1. The number of amides is 1. The zero-order chi connectivity index (χ0) is 19.6. The van der Waals surface area contributed by atoms with Crippen molar-refractivity contribution >= 4 is 23.2 Å². The molecule has 3 rings (SSSR count). The molecule has 0 bridgehead atoms. The minimum Gasteiger partial charge on any atom is -0.447 e. The average molecular weight is 394 g/mol. The number of anilines is 1. The molecule has 0 aliphatic carbocycles. The molecular weight excluding hydrogens is 369 g/mol.